The Balaban J connectivity index is 2.29. The number of nitrogens with zero attached hydrogens (tertiary/aromatic N) is 1. The molecule has 0 unspecified atom stereocenters. The Bertz CT molecular complexity index is 1120. The number of benzene rings is 1. The van der Waals surface area contributed by atoms with Gasteiger partial charge in [0.25, 0.3) is 0 Å². The highest BCUT2D eigenvalue weighted by molar-refractivity contribution is 6.16. The molecule has 0 aliphatic carbocycles. The molecule has 1 atom stereocenters. The van der Waals surface area contributed by atoms with Gasteiger partial charge in [-0.15, -0.1) is 0 Å². The molecule has 0 fully saturated rings. The molecule has 11 heteroatoms. The zero-order chi connectivity index (χ0) is 26.5. The van der Waals surface area contributed by atoms with Crippen molar-refractivity contribution in [2.24, 2.45) is 5.73 Å². The second-order valence-electron chi connectivity index (χ2n) is 8.13. The number of para-hydroxylation sites is 1. The fraction of sp³-hybridized carbons (Fsp3) is 0.440. The number of anilines is 1. The van der Waals surface area contributed by atoms with Gasteiger partial charge in [0.2, 0.25) is 0 Å². The SMILES string of the molecule is CCCCOC(=O)C1=C(N)N(CC(=O)OC)c2ccccc2[C@]12C(=O)OC(C)=C2C(=O)OCCOC. The monoisotopic (exact) mass is 502 g/mol. The topological polar surface area (TPSA) is 144 Å². The van der Waals surface area contributed by atoms with E-state index in [1.807, 2.05) is 6.92 Å². The second-order valence-corrected chi connectivity index (χ2v) is 8.13. The molecule has 0 radical (unpaired) electrons. The number of nitrogens with two attached hydrogens (primary N) is 1. The Morgan fingerprint density at radius 3 is 2.36 bits per heavy atom. The van der Waals surface area contributed by atoms with E-state index >= 15 is 0 Å². The number of esters is 4. The maximum Gasteiger partial charge on any atom is 0.339 e. The highest BCUT2D eigenvalue weighted by Gasteiger charge is 2.63. The molecular weight excluding hydrogens is 472 g/mol. The molecule has 0 bridgehead atoms. The first-order valence-corrected chi connectivity index (χ1v) is 11.5. The van der Waals surface area contributed by atoms with Gasteiger partial charge in [-0.1, -0.05) is 31.5 Å². The summed E-state index contributed by atoms with van der Waals surface area (Å²) in [5.41, 5.74) is 4.43. The number of carbonyl (C=O) groups excluding carboxylic acids is 4. The molecule has 0 aromatic heterocycles. The first-order valence-electron chi connectivity index (χ1n) is 11.5. The van der Waals surface area contributed by atoms with Crippen LogP contribution >= 0.6 is 0 Å². The van der Waals surface area contributed by atoms with Crippen LogP contribution in [0.15, 0.2) is 47.0 Å². The summed E-state index contributed by atoms with van der Waals surface area (Å²) in [6, 6.07) is 6.48. The van der Waals surface area contributed by atoms with Crippen molar-refractivity contribution in [3.8, 4) is 0 Å². The standard InChI is InChI=1S/C25H30N2O9/c1-5-6-11-34-23(30)20-21(26)27(14-18(28)33-4)17-10-8-7-9-16(17)25(20)19(15(2)36-24(25)31)22(29)35-13-12-32-3/h7-10H,5-6,11-14,26H2,1-4H3/t25-/m1/s1. The summed E-state index contributed by atoms with van der Waals surface area (Å²) in [5, 5.41) is 0. The Morgan fingerprint density at radius 1 is 1.03 bits per heavy atom. The molecule has 3 rings (SSSR count). The van der Waals surface area contributed by atoms with Crippen LogP contribution in [0.1, 0.15) is 32.3 Å². The minimum atomic E-state index is -2.06. The van der Waals surface area contributed by atoms with Crippen molar-refractivity contribution in [2.75, 3.05) is 45.5 Å². The Hall–Kier alpha value is -3.86. The van der Waals surface area contributed by atoms with Crippen LogP contribution in [0, 0.1) is 0 Å². The van der Waals surface area contributed by atoms with Crippen molar-refractivity contribution in [3.05, 3.63) is 52.6 Å². The number of hydrogen-bond donors (Lipinski definition) is 1. The molecule has 2 aliphatic heterocycles. The number of unbranched alkanes of at least 4 members (excludes halogenated alkanes) is 1. The van der Waals surface area contributed by atoms with Gasteiger partial charge in [-0.2, -0.15) is 0 Å². The average Bonchev–Trinajstić information content (AvgIpc) is 3.11. The lowest BCUT2D eigenvalue weighted by atomic mass is 9.66. The van der Waals surface area contributed by atoms with Gasteiger partial charge in [0.15, 0.2) is 5.41 Å². The van der Waals surface area contributed by atoms with Crippen LogP contribution in [0.5, 0.6) is 0 Å². The Morgan fingerprint density at radius 2 is 1.69 bits per heavy atom. The molecule has 0 saturated heterocycles. The quantitative estimate of drug-likeness (QED) is 0.282. The maximum absolute atomic E-state index is 13.6. The van der Waals surface area contributed by atoms with Crippen molar-refractivity contribution >= 4 is 29.6 Å². The number of allylic oxidation sites excluding steroid dienone is 1. The summed E-state index contributed by atoms with van der Waals surface area (Å²) in [5.74, 6) is -3.62. The first kappa shape index (κ1) is 26.7. The highest BCUT2D eigenvalue weighted by Crippen LogP contribution is 2.54. The summed E-state index contributed by atoms with van der Waals surface area (Å²) in [4.78, 5) is 54.1. The fourth-order valence-corrected chi connectivity index (χ4v) is 4.31. The van der Waals surface area contributed by atoms with Gasteiger partial charge in [0.05, 0.1) is 20.3 Å². The van der Waals surface area contributed by atoms with Crippen LogP contribution in [-0.4, -0.2) is 64.5 Å². The lowest BCUT2D eigenvalue weighted by Gasteiger charge is -2.40. The zero-order valence-electron chi connectivity index (χ0n) is 20.8. The molecule has 2 N–H and O–H groups in total. The zero-order valence-corrected chi connectivity index (χ0v) is 20.8. The summed E-state index contributed by atoms with van der Waals surface area (Å²) in [6.45, 7) is 3.08. The normalized spacial score (nSPS) is 18.8. The molecule has 1 aromatic carbocycles. The van der Waals surface area contributed by atoms with Gasteiger partial charge in [0.1, 0.15) is 35.9 Å². The smallest absolute Gasteiger partial charge is 0.339 e. The van der Waals surface area contributed by atoms with Crippen LogP contribution in [-0.2, 0) is 48.3 Å². The fourth-order valence-electron chi connectivity index (χ4n) is 4.31. The van der Waals surface area contributed by atoms with Crippen molar-refractivity contribution < 1.29 is 42.9 Å². The van der Waals surface area contributed by atoms with E-state index in [-0.39, 0.29) is 54.7 Å². The van der Waals surface area contributed by atoms with E-state index in [1.165, 1.54) is 26.0 Å². The van der Waals surface area contributed by atoms with Crippen LogP contribution in [0.25, 0.3) is 0 Å². The predicted octanol–water partition coefficient (Wildman–Crippen LogP) is 1.45. The number of hydrogen-bond acceptors (Lipinski definition) is 11. The number of methoxy groups -OCH3 is 2. The van der Waals surface area contributed by atoms with Gasteiger partial charge in [0, 0.05) is 18.4 Å². The van der Waals surface area contributed by atoms with Gasteiger partial charge >= 0.3 is 23.9 Å². The third-order valence-electron chi connectivity index (χ3n) is 5.97. The van der Waals surface area contributed by atoms with Gasteiger partial charge < -0.3 is 34.3 Å². The summed E-state index contributed by atoms with van der Waals surface area (Å²) in [6.07, 6.45) is 1.32. The molecule has 2 aliphatic rings. The predicted molar refractivity (Wildman–Crippen MR) is 126 cm³/mol. The molecule has 1 aromatic rings. The van der Waals surface area contributed by atoms with E-state index in [2.05, 4.69) is 0 Å². The molecule has 2 heterocycles. The summed E-state index contributed by atoms with van der Waals surface area (Å²) >= 11 is 0. The molecule has 11 nitrogen and oxygen atoms in total. The van der Waals surface area contributed by atoms with Crippen LogP contribution in [0.3, 0.4) is 0 Å². The van der Waals surface area contributed by atoms with Gasteiger partial charge in [-0.25, -0.2) is 14.4 Å². The number of fused-ring (bicyclic) bond motifs is 2. The summed E-state index contributed by atoms with van der Waals surface area (Å²) < 4.78 is 26.0. The first-order chi connectivity index (χ1) is 17.2. The largest absolute Gasteiger partial charge is 0.468 e. The Labute approximate surface area is 208 Å². The average molecular weight is 503 g/mol. The molecule has 0 amide bonds. The number of rotatable bonds is 10. The van der Waals surface area contributed by atoms with E-state index in [0.717, 1.165) is 6.42 Å². The number of ether oxygens (including phenoxy) is 5. The molecule has 1 spiro atoms. The molecule has 36 heavy (non-hydrogen) atoms. The minimum Gasteiger partial charge on any atom is -0.468 e. The van der Waals surface area contributed by atoms with E-state index in [4.69, 9.17) is 29.4 Å². The van der Waals surface area contributed by atoms with Crippen LogP contribution in [0.2, 0.25) is 0 Å². The van der Waals surface area contributed by atoms with Crippen molar-refractivity contribution in [2.45, 2.75) is 32.1 Å². The van der Waals surface area contributed by atoms with E-state index in [1.54, 1.807) is 24.3 Å². The minimum absolute atomic E-state index is 0.0368. The van der Waals surface area contributed by atoms with E-state index in [0.29, 0.717) is 12.1 Å². The van der Waals surface area contributed by atoms with Crippen LogP contribution < -0.4 is 10.6 Å². The Kier molecular flexibility index (Phi) is 8.36. The molecule has 0 saturated carbocycles. The third kappa shape index (κ3) is 4.53. The molecule has 194 valence electrons. The summed E-state index contributed by atoms with van der Waals surface area (Å²) in [7, 11) is 2.66. The van der Waals surface area contributed by atoms with Crippen LogP contribution in [0.4, 0.5) is 5.69 Å². The lowest BCUT2D eigenvalue weighted by molar-refractivity contribution is -0.147. The lowest BCUT2D eigenvalue weighted by Crippen LogP contribution is -2.51. The third-order valence-corrected chi connectivity index (χ3v) is 5.97. The van der Waals surface area contributed by atoms with Crippen molar-refractivity contribution in [1.29, 1.82) is 0 Å². The van der Waals surface area contributed by atoms with E-state index < -0.39 is 29.3 Å². The maximum atomic E-state index is 13.6. The van der Waals surface area contributed by atoms with Gasteiger partial charge in [-0.05, 0) is 19.4 Å². The second kappa shape index (κ2) is 11.3. The highest BCUT2D eigenvalue weighted by atomic mass is 16.6. The van der Waals surface area contributed by atoms with Gasteiger partial charge in [-0.3, -0.25) is 4.79 Å². The van der Waals surface area contributed by atoms with E-state index in [9.17, 15) is 19.2 Å². The molecular formula is C25H30N2O9. The van der Waals surface area contributed by atoms with Crippen molar-refractivity contribution in [1.82, 2.24) is 0 Å². The number of carbonyl (C=O) groups is 4. The number of cyclic esters (lactones) is 1. The van der Waals surface area contributed by atoms with Crippen molar-refractivity contribution in [3.63, 3.8) is 0 Å².